The number of hydrogen-bond acceptors (Lipinski definition) is 6. The lowest BCUT2D eigenvalue weighted by Crippen LogP contribution is -2.53. The number of nitrogens with one attached hydrogen (secondary N) is 1. The lowest BCUT2D eigenvalue weighted by atomic mass is 10.2. The average Bonchev–Trinajstić information content (AvgIpc) is 2.70. The Hall–Kier alpha value is -2.92. The number of β-amino-alcohol motifs (C(OH)–C–C–N with tert-alkyl or cyclic N) is 1. The SMILES string of the molecule is CS(=O)(=O)Nc1ccc(OC[C@@H](O)CN2CCN(c3ccc(F)c(F)c3)CC2=O)cc1. The molecule has 1 atom stereocenters. The first-order valence-electron chi connectivity index (χ1n) is 9.47. The summed E-state index contributed by atoms with van der Waals surface area (Å²) in [6.07, 6.45) is 0.111. The number of rotatable bonds is 8. The molecule has 0 aliphatic carbocycles. The van der Waals surface area contributed by atoms with Gasteiger partial charge in [-0.05, 0) is 36.4 Å². The molecule has 11 heteroatoms. The molecule has 168 valence electrons. The summed E-state index contributed by atoms with van der Waals surface area (Å²) < 4.78 is 56.7. The molecule has 0 unspecified atom stereocenters. The maximum absolute atomic E-state index is 13.4. The van der Waals surface area contributed by atoms with Crippen LogP contribution in [0.2, 0.25) is 0 Å². The van der Waals surface area contributed by atoms with E-state index in [0.717, 1.165) is 18.4 Å². The Morgan fingerprint density at radius 2 is 1.84 bits per heavy atom. The highest BCUT2D eigenvalue weighted by Crippen LogP contribution is 2.20. The van der Waals surface area contributed by atoms with Crippen molar-refractivity contribution in [1.82, 2.24) is 4.90 Å². The van der Waals surface area contributed by atoms with Crippen LogP contribution in [-0.4, -0.2) is 69.5 Å². The minimum absolute atomic E-state index is 0.00650. The quantitative estimate of drug-likeness (QED) is 0.625. The zero-order valence-electron chi connectivity index (χ0n) is 16.8. The predicted molar refractivity (Wildman–Crippen MR) is 112 cm³/mol. The van der Waals surface area contributed by atoms with Crippen LogP contribution in [0.4, 0.5) is 20.2 Å². The molecule has 1 fully saturated rings. The first kappa shape index (κ1) is 22.8. The molecule has 8 nitrogen and oxygen atoms in total. The van der Waals surface area contributed by atoms with Gasteiger partial charge in [0.1, 0.15) is 18.5 Å². The highest BCUT2D eigenvalue weighted by molar-refractivity contribution is 7.92. The van der Waals surface area contributed by atoms with Gasteiger partial charge in [-0.25, -0.2) is 17.2 Å². The summed E-state index contributed by atoms with van der Waals surface area (Å²) in [6.45, 7) is 0.737. The molecule has 0 saturated carbocycles. The zero-order chi connectivity index (χ0) is 22.6. The number of hydrogen-bond donors (Lipinski definition) is 2. The average molecular weight is 455 g/mol. The van der Waals surface area contributed by atoms with E-state index in [1.165, 1.54) is 23.1 Å². The minimum atomic E-state index is -3.37. The van der Waals surface area contributed by atoms with Crippen LogP contribution < -0.4 is 14.4 Å². The molecular weight excluding hydrogens is 432 g/mol. The Labute approximate surface area is 179 Å². The van der Waals surface area contributed by atoms with Crippen LogP contribution in [0.25, 0.3) is 0 Å². The summed E-state index contributed by atoms with van der Waals surface area (Å²) in [5.41, 5.74) is 0.810. The number of ether oxygens (including phenoxy) is 1. The van der Waals surface area contributed by atoms with E-state index in [-0.39, 0.29) is 25.6 Å². The minimum Gasteiger partial charge on any atom is -0.491 e. The molecule has 1 aliphatic heterocycles. The molecule has 2 aromatic carbocycles. The lowest BCUT2D eigenvalue weighted by Gasteiger charge is -2.36. The molecule has 2 N–H and O–H groups in total. The monoisotopic (exact) mass is 455 g/mol. The third-order valence-corrected chi connectivity index (χ3v) is 5.22. The van der Waals surface area contributed by atoms with E-state index >= 15 is 0 Å². The number of carbonyl (C=O) groups is 1. The standard InChI is InChI=1S/C20H23F2N3O5S/c1-31(28,29)23-14-2-5-17(6-3-14)30-13-16(26)11-25-9-8-24(12-20(25)27)15-4-7-18(21)19(22)10-15/h2-7,10,16,23,26H,8-9,11-13H2,1H3/t16-/m0/s1. The molecule has 0 bridgehead atoms. The Bertz CT molecular complexity index is 1030. The number of carbonyl (C=O) groups excluding carboxylic acids is 1. The van der Waals surface area contributed by atoms with Crippen LogP contribution in [-0.2, 0) is 14.8 Å². The third kappa shape index (κ3) is 6.53. The smallest absolute Gasteiger partial charge is 0.242 e. The zero-order valence-corrected chi connectivity index (χ0v) is 17.6. The largest absolute Gasteiger partial charge is 0.491 e. The number of aliphatic hydroxyl groups is 1. The summed E-state index contributed by atoms with van der Waals surface area (Å²) in [5.74, 6) is -1.72. The molecule has 1 saturated heterocycles. The fourth-order valence-corrected chi connectivity index (χ4v) is 3.70. The van der Waals surface area contributed by atoms with Crippen molar-refractivity contribution in [2.45, 2.75) is 6.10 Å². The number of piperazine rings is 1. The summed E-state index contributed by atoms with van der Waals surface area (Å²) >= 11 is 0. The molecule has 31 heavy (non-hydrogen) atoms. The summed E-state index contributed by atoms with van der Waals surface area (Å²) in [6, 6.07) is 9.68. The van der Waals surface area contributed by atoms with Crippen molar-refractivity contribution < 1.29 is 31.8 Å². The van der Waals surface area contributed by atoms with Crippen LogP contribution in [0.3, 0.4) is 0 Å². The van der Waals surface area contributed by atoms with E-state index in [0.29, 0.717) is 30.2 Å². The van der Waals surface area contributed by atoms with E-state index < -0.39 is 27.8 Å². The number of amides is 1. The second-order valence-electron chi connectivity index (χ2n) is 7.22. The van der Waals surface area contributed by atoms with Crippen LogP contribution in [0.5, 0.6) is 5.75 Å². The normalized spacial score (nSPS) is 15.7. The molecule has 1 heterocycles. The fraction of sp³-hybridized carbons (Fsp3) is 0.350. The summed E-state index contributed by atoms with van der Waals surface area (Å²) in [4.78, 5) is 15.5. The van der Waals surface area contributed by atoms with E-state index in [9.17, 15) is 27.1 Å². The van der Waals surface area contributed by atoms with Gasteiger partial charge in [0.05, 0.1) is 19.3 Å². The van der Waals surface area contributed by atoms with Crippen molar-refractivity contribution >= 4 is 27.3 Å². The lowest BCUT2D eigenvalue weighted by molar-refractivity contribution is -0.132. The molecule has 2 aromatic rings. The van der Waals surface area contributed by atoms with Crippen molar-refractivity contribution in [2.75, 3.05) is 48.7 Å². The van der Waals surface area contributed by atoms with Gasteiger partial charge in [0.2, 0.25) is 15.9 Å². The van der Waals surface area contributed by atoms with Gasteiger partial charge < -0.3 is 19.6 Å². The van der Waals surface area contributed by atoms with Gasteiger partial charge in [-0.1, -0.05) is 0 Å². The van der Waals surface area contributed by atoms with Crippen LogP contribution in [0, 0.1) is 11.6 Å². The number of sulfonamides is 1. The van der Waals surface area contributed by atoms with Crippen LogP contribution >= 0.6 is 0 Å². The second-order valence-corrected chi connectivity index (χ2v) is 8.97. The number of aliphatic hydroxyl groups excluding tert-OH is 1. The molecular formula is C20H23F2N3O5S. The predicted octanol–water partition coefficient (Wildman–Crippen LogP) is 1.42. The van der Waals surface area contributed by atoms with E-state index in [2.05, 4.69) is 4.72 Å². The Kier molecular flexibility index (Phi) is 6.96. The molecule has 0 aromatic heterocycles. The molecule has 0 radical (unpaired) electrons. The first-order valence-corrected chi connectivity index (χ1v) is 11.4. The van der Waals surface area contributed by atoms with Gasteiger partial charge in [0, 0.05) is 30.5 Å². The van der Waals surface area contributed by atoms with Crippen LogP contribution in [0.1, 0.15) is 0 Å². The van der Waals surface area contributed by atoms with Crippen molar-refractivity contribution in [1.29, 1.82) is 0 Å². The number of nitrogens with zero attached hydrogens (tertiary/aromatic N) is 2. The van der Waals surface area contributed by atoms with Crippen molar-refractivity contribution in [3.8, 4) is 5.75 Å². The molecule has 3 rings (SSSR count). The van der Waals surface area contributed by atoms with E-state index in [1.807, 2.05) is 0 Å². The van der Waals surface area contributed by atoms with Gasteiger partial charge in [0.25, 0.3) is 0 Å². The molecule has 1 amide bonds. The molecule has 0 spiro atoms. The summed E-state index contributed by atoms with van der Waals surface area (Å²) in [7, 11) is -3.37. The fourth-order valence-electron chi connectivity index (χ4n) is 3.14. The first-order chi connectivity index (χ1) is 14.6. The highest BCUT2D eigenvalue weighted by atomic mass is 32.2. The Morgan fingerprint density at radius 3 is 2.45 bits per heavy atom. The van der Waals surface area contributed by atoms with Gasteiger partial charge in [-0.2, -0.15) is 0 Å². The van der Waals surface area contributed by atoms with Gasteiger partial charge in [0.15, 0.2) is 11.6 Å². The van der Waals surface area contributed by atoms with Crippen molar-refractivity contribution in [3.05, 3.63) is 54.1 Å². The highest BCUT2D eigenvalue weighted by Gasteiger charge is 2.26. The Morgan fingerprint density at radius 1 is 1.13 bits per heavy atom. The topological polar surface area (TPSA) is 99.2 Å². The Balaban J connectivity index is 1.47. The van der Waals surface area contributed by atoms with Crippen LogP contribution in [0.15, 0.2) is 42.5 Å². The summed E-state index contributed by atoms with van der Waals surface area (Å²) in [5, 5.41) is 10.2. The number of halogens is 2. The van der Waals surface area contributed by atoms with Crippen molar-refractivity contribution in [3.63, 3.8) is 0 Å². The van der Waals surface area contributed by atoms with Gasteiger partial charge >= 0.3 is 0 Å². The van der Waals surface area contributed by atoms with E-state index in [4.69, 9.17) is 4.74 Å². The maximum Gasteiger partial charge on any atom is 0.242 e. The second kappa shape index (κ2) is 9.48. The molecule has 1 aliphatic rings. The van der Waals surface area contributed by atoms with Crippen molar-refractivity contribution in [2.24, 2.45) is 0 Å². The van der Waals surface area contributed by atoms with E-state index in [1.54, 1.807) is 17.0 Å². The number of benzene rings is 2. The third-order valence-electron chi connectivity index (χ3n) is 4.62. The number of anilines is 2. The maximum atomic E-state index is 13.4. The van der Waals surface area contributed by atoms with Gasteiger partial charge in [-0.3, -0.25) is 9.52 Å². The van der Waals surface area contributed by atoms with Gasteiger partial charge in [-0.15, -0.1) is 0 Å².